The van der Waals surface area contributed by atoms with Crippen molar-refractivity contribution in [3.63, 3.8) is 0 Å². The maximum absolute atomic E-state index is 12.5. The van der Waals surface area contributed by atoms with E-state index in [0.717, 1.165) is 0 Å². The molecule has 1 heterocycles. The smallest absolute Gasteiger partial charge is 0.339 e. The number of pyridine rings is 1. The number of benzene rings is 1. The molecule has 0 amide bonds. The van der Waals surface area contributed by atoms with Crippen LogP contribution >= 0.6 is 15.9 Å². The molecule has 2 rings (SSSR count). The summed E-state index contributed by atoms with van der Waals surface area (Å²) in [7, 11) is -2.91. The predicted molar refractivity (Wildman–Crippen MR) is 87.1 cm³/mol. The average molecular weight is 419 g/mol. The van der Waals surface area contributed by atoms with Gasteiger partial charge in [-0.3, -0.25) is 9.71 Å². The van der Waals surface area contributed by atoms with E-state index < -0.39 is 22.9 Å². The topological polar surface area (TPSA) is 94.6 Å². The summed E-state index contributed by atoms with van der Waals surface area (Å²) in [5.41, 5.74) is 0.122. The Labute approximate surface area is 146 Å². The Kier molecular flexibility index (Phi) is 5.73. The highest BCUT2D eigenvalue weighted by Gasteiger charge is 2.21. The van der Waals surface area contributed by atoms with Gasteiger partial charge in [-0.05, 0) is 24.3 Å². The van der Waals surface area contributed by atoms with Crippen LogP contribution in [0.1, 0.15) is 10.4 Å². The fraction of sp³-hybridized carbons (Fsp3) is 0.143. The molecule has 1 aromatic carbocycles. The van der Waals surface area contributed by atoms with E-state index in [1.54, 1.807) is 0 Å². The molecule has 0 fully saturated rings. The number of rotatable bonds is 6. The molecule has 0 bridgehead atoms. The first-order chi connectivity index (χ1) is 11.4. The molecular weight excluding hydrogens is 407 g/mol. The summed E-state index contributed by atoms with van der Waals surface area (Å²) in [4.78, 5) is 15.0. The average Bonchev–Trinajstić information content (AvgIpc) is 2.55. The highest BCUT2D eigenvalue weighted by molar-refractivity contribution is 9.10. The summed E-state index contributed by atoms with van der Waals surface area (Å²) in [6.45, 7) is -1.18. The van der Waals surface area contributed by atoms with E-state index in [9.17, 15) is 17.6 Å². The molecule has 0 atom stereocenters. The van der Waals surface area contributed by atoms with Crippen molar-refractivity contribution in [1.29, 1.82) is 0 Å². The van der Waals surface area contributed by atoms with Gasteiger partial charge in [-0.2, -0.15) is 0 Å². The molecule has 1 aromatic heterocycles. The molecule has 0 saturated heterocycles. The molecule has 1 N–H and O–H groups in total. The number of nitrogens with one attached hydrogen (secondary N) is 1. The Morgan fingerprint density at radius 3 is 2.75 bits per heavy atom. The van der Waals surface area contributed by atoms with Gasteiger partial charge in [0.25, 0.3) is 10.0 Å². The molecule has 2 aromatic rings. The number of esters is 1. The molecule has 0 saturated carbocycles. The molecule has 0 aliphatic rings. The third kappa shape index (κ3) is 4.20. The van der Waals surface area contributed by atoms with Crippen molar-refractivity contribution in [1.82, 2.24) is 4.98 Å². The number of hydrogen-bond donors (Lipinski definition) is 1. The van der Waals surface area contributed by atoms with Gasteiger partial charge in [0.05, 0.1) is 24.6 Å². The Hall–Kier alpha value is -2.20. The number of carbonyl (C=O) groups is 1. The van der Waals surface area contributed by atoms with Gasteiger partial charge in [0, 0.05) is 10.7 Å². The van der Waals surface area contributed by atoms with E-state index in [-0.39, 0.29) is 21.9 Å². The third-order valence-electron chi connectivity index (χ3n) is 2.82. The van der Waals surface area contributed by atoms with Crippen LogP contribution in [0.25, 0.3) is 0 Å². The molecule has 7 nitrogen and oxygen atoms in total. The van der Waals surface area contributed by atoms with Crippen LogP contribution in [0.3, 0.4) is 0 Å². The van der Waals surface area contributed by atoms with E-state index in [1.807, 2.05) is 0 Å². The second-order valence-electron chi connectivity index (χ2n) is 4.40. The van der Waals surface area contributed by atoms with Crippen molar-refractivity contribution in [2.75, 3.05) is 18.7 Å². The summed E-state index contributed by atoms with van der Waals surface area (Å²) in [5, 5.41) is 0. The van der Waals surface area contributed by atoms with Crippen molar-refractivity contribution in [3.05, 3.63) is 46.7 Å². The van der Waals surface area contributed by atoms with Gasteiger partial charge in [0.15, 0.2) is 0 Å². The Morgan fingerprint density at radius 1 is 1.33 bits per heavy atom. The van der Waals surface area contributed by atoms with Crippen molar-refractivity contribution in [2.24, 2.45) is 0 Å². The molecule has 0 aliphatic carbocycles. The monoisotopic (exact) mass is 418 g/mol. The lowest BCUT2D eigenvalue weighted by Gasteiger charge is -2.12. The maximum Gasteiger partial charge on any atom is 0.339 e. The van der Waals surface area contributed by atoms with Gasteiger partial charge < -0.3 is 9.47 Å². The van der Waals surface area contributed by atoms with Crippen LogP contribution in [0.5, 0.6) is 5.75 Å². The number of ether oxygens (including phenoxy) is 2. The molecule has 0 radical (unpaired) electrons. The summed E-state index contributed by atoms with van der Waals surface area (Å²) >= 11 is 3.15. The van der Waals surface area contributed by atoms with Crippen molar-refractivity contribution in [3.8, 4) is 5.75 Å². The number of nitrogens with zero attached hydrogens (tertiary/aromatic N) is 1. The lowest BCUT2D eigenvalue weighted by molar-refractivity contribution is 0.0600. The minimum Gasteiger partial charge on any atom is -0.465 e. The molecule has 0 unspecified atom stereocenters. The number of alkyl halides is 1. The Balaban J connectivity index is 2.39. The lowest BCUT2D eigenvalue weighted by atomic mass is 10.3. The number of methoxy groups -OCH3 is 1. The summed E-state index contributed by atoms with van der Waals surface area (Å²) in [6.07, 6.45) is 2.46. The van der Waals surface area contributed by atoms with Gasteiger partial charge in [0.2, 0.25) is 6.86 Å². The first kappa shape index (κ1) is 18.1. The zero-order chi connectivity index (χ0) is 17.7. The molecular formula is C14H12BrFN2O5S. The van der Waals surface area contributed by atoms with Crippen molar-refractivity contribution in [2.45, 2.75) is 4.90 Å². The lowest BCUT2D eigenvalue weighted by Crippen LogP contribution is -2.15. The number of halogens is 2. The van der Waals surface area contributed by atoms with Gasteiger partial charge in [-0.15, -0.1) is 0 Å². The second kappa shape index (κ2) is 7.58. The summed E-state index contributed by atoms with van der Waals surface area (Å²) in [6, 6.07) is 5.37. The van der Waals surface area contributed by atoms with Crippen LogP contribution in [0.15, 0.2) is 46.0 Å². The Bertz CT molecular complexity index is 860. The molecule has 0 aliphatic heterocycles. The fourth-order valence-electron chi connectivity index (χ4n) is 1.81. The van der Waals surface area contributed by atoms with E-state index in [4.69, 9.17) is 4.74 Å². The van der Waals surface area contributed by atoms with Crippen LogP contribution in [-0.2, 0) is 14.8 Å². The van der Waals surface area contributed by atoms with Gasteiger partial charge >= 0.3 is 5.97 Å². The van der Waals surface area contributed by atoms with Gasteiger partial charge in [0.1, 0.15) is 10.6 Å². The van der Waals surface area contributed by atoms with E-state index in [1.165, 1.54) is 43.8 Å². The number of sulfonamides is 1. The van der Waals surface area contributed by atoms with Crippen LogP contribution < -0.4 is 9.46 Å². The van der Waals surface area contributed by atoms with Crippen LogP contribution in [0.4, 0.5) is 10.1 Å². The van der Waals surface area contributed by atoms with Crippen LogP contribution in [-0.4, -0.2) is 33.3 Å². The predicted octanol–water partition coefficient (Wildman–Crippen LogP) is 2.74. The zero-order valence-corrected chi connectivity index (χ0v) is 14.7. The number of aromatic nitrogens is 1. The van der Waals surface area contributed by atoms with Crippen molar-refractivity contribution < 1.29 is 27.1 Å². The number of carbonyl (C=O) groups excluding carboxylic acids is 1. The Morgan fingerprint density at radius 2 is 2.08 bits per heavy atom. The molecule has 24 heavy (non-hydrogen) atoms. The maximum atomic E-state index is 12.5. The first-order valence-corrected chi connectivity index (χ1v) is 8.69. The van der Waals surface area contributed by atoms with Crippen molar-refractivity contribution >= 4 is 37.6 Å². The van der Waals surface area contributed by atoms with E-state index >= 15 is 0 Å². The molecule has 0 spiro atoms. The normalized spacial score (nSPS) is 11.0. The number of anilines is 1. The summed E-state index contributed by atoms with van der Waals surface area (Å²) in [5.74, 6) is -0.808. The van der Waals surface area contributed by atoms with Gasteiger partial charge in [-0.25, -0.2) is 17.6 Å². The van der Waals surface area contributed by atoms with E-state index in [0.29, 0.717) is 4.47 Å². The SMILES string of the molecule is COC(=O)c1cncc(NS(=O)(=O)c2cc(Br)ccc2OCF)c1. The quantitative estimate of drug-likeness (QED) is 0.724. The molecule has 10 heteroatoms. The standard InChI is InChI=1S/C14H12BrFN2O5S/c1-22-14(19)9-4-11(7-17-6-9)18-24(20,21)13-5-10(15)2-3-12(13)23-8-16/h2-7,18H,8H2,1H3. The number of hydrogen-bond acceptors (Lipinski definition) is 6. The summed E-state index contributed by atoms with van der Waals surface area (Å²) < 4.78 is 49.5. The molecule has 128 valence electrons. The second-order valence-corrected chi connectivity index (χ2v) is 6.97. The largest absolute Gasteiger partial charge is 0.465 e. The first-order valence-electron chi connectivity index (χ1n) is 6.42. The highest BCUT2D eigenvalue weighted by Crippen LogP contribution is 2.29. The van der Waals surface area contributed by atoms with Gasteiger partial charge in [-0.1, -0.05) is 15.9 Å². The van der Waals surface area contributed by atoms with Crippen LogP contribution in [0, 0.1) is 0 Å². The highest BCUT2D eigenvalue weighted by atomic mass is 79.9. The zero-order valence-electron chi connectivity index (χ0n) is 12.3. The minimum absolute atomic E-state index is 0.0454. The minimum atomic E-state index is -4.10. The van der Waals surface area contributed by atoms with Crippen LogP contribution in [0.2, 0.25) is 0 Å². The third-order valence-corrected chi connectivity index (χ3v) is 4.71. The fourth-order valence-corrected chi connectivity index (χ4v) is 3.52. The van der Waals surface area contributed by atoms with E-state index in [2.05, 4.69) is 30.4 Å².